The average molecular weight is 348 g/mol. The molecule has 3 rings (SSSR count). The van der Waals surface area contributed by atoms with Gasteiger partial charge in [0.2, 0.25) is 5.91 Å². The Morgan fingerprint density at radius 2 is 2.28 bits per heavy atom. The number of aromatic amines is 1. The van der Waals surface area contributed by atoms with Crippen molar-refractivity contribution in [1.82, 2.24) is 9.88 Å². The summed E-state index contributed by atoms with van der Waals surface area (Å²) in [6, 6.07) is 4.47. The Hall–Kier alpha value is -2.41. The molecule has 0 saturated carbocycles. The first-order valence-corrected chi connectivity index (χ1v) is 8.37. The first kappa shape index (κ1) is 17.4. The minimum Gasteiger partial charge on any atom is -0.466 e. The molecule has 2 aromatic rings. The normalized spacial score (nSPS) is 17.7. The molecule has 0 radical (unpaired) electrons. The highest BCUT2D eigenvalue weighted by Crippen LogP contribution is 2.21. The van der Waals surface area contributed by atoms with Crippen LogP contribution in [0.3, 0.4) is 0 Å². The van der Waals surface area contributed by atoms with Crippen LogP contribution in [-0.2, 0) is 25.5 Å². The van der Waals surface area contributed by atoms with Crippen LogP contribution in [0.15, 0.2) is 24.4 Å². The van der Waals surface area contributed by atoms with E-state index in [1.54, 1.807) is 24.1 Å². The van der Waals surface area contributed by atoms with Gasteiger partial charge in [0.15, 0.2) is 0 Å². The van der Waals surface area contributed by atoms with Crippen LogP contribution in [0.25, 0.3) is 10.9 Å². The molecule has 0 bridgehead atoms. The van der Waals surface area contributed by atoms with E-state index in [1.807, 2.05) is 0 Å². The van der Waals surface area contributed by atoms with Crippen LogP contribution >= 0.6 is 0 Å². The van der Waals surface area contributed by atoms with Gasteiger partial charge in [-0.2, -0.15) is 0 Å². The van der Waals surface area contributed by atoms with E-state index in [2.05, 4.69) is 4.98 Å². The van der Waals surface area contributed by atoms with Crippen molar-refractivity contribution in [3.05, 3.63) is 35.8 Å². The van der Waals surface area contributed by atoms with E-state index in [0.717, 1.165) is 10.9 Å². The Morgan fingerprint density at radius 1 is 1.44 bits per heavy atom. The van der Waals surface area contributed by atoms with Crippen molar-refractivity contribution in [2.75, 3.05) is 26.3 Å². The van der Waals surface area contributed by atoms with E-state index >= 15 is 0 Å². The molecule has 25 heavy (non-hydrogen) atoms. The predicted octanol–water partition coefficient (Wildman–Crippen LogP) is 2.03. The minimum absolute atomic E-state index is 0.0395. The van der Waals surface area contributed by atoms with Crippen molar-refractivity contribution in [3.63, 3.8) is 0 Å². The Bertz CT molecular complexity index is 774. The number of nitrogens with zero attached hydrogens (tertiary/aromatic N) is 1. The maximum Gasteiger partial charge on any atom is 0.308 e. The van der Waals surface area contributed by atoms with E-state index < -0.39 is 0 Å². The lowest BCUT2D eigenvalue weighted by Gasteiger charge is -2.32. The van der Waals surface area contributed by atoms with Crippen LogP contribution < -0.4 is 0 Å². The number of halogens is 1. The van der Waals surface area contributed by atoms with Gasteiger partial charge in [-0.15, -0.1) is 0 Å². The highest BCUT2D eigenvalue weighted by atomic mass is 19.1. The second-order valence-electron chi connectivity index (χ2n) is 6.02. The number of carbonyl (C=O) groups excluding carboxylic acids is 2. The number of aromatic nitrogens is 1. The highest BCUT2D eigenvalue weighted by Gasteiger charge is 2.26. The maximum atomic E-state index is 13.3. The predicted molar refractivity (Wildman–Crippen MR) is 89.5 cm³/mol. The molecule has 1 N–H and O–H groups in total. The molecule has 0 spiro atoms. The number of hydrogen-bond donors (Lipinski definition) is 1. The Labute approximate surface area is 144 Å². The molecule has 0 aliphatic carbocycles. The van der Waals surface area contributed by atoms with Crippen LogP contribution in [-0.4, -0.2) is 54.2 Å². The van der Waals surface area contributed by atoms with Crippen LogP contribution in [0, 0.1) is 5.82 Å². The molecule has 1 aromatic carbocycles. The molecular weight excluding hydrogens is 327 g/mol. The number of esters is 1. The van der Waals surface area contributed by atoms with Gasteiger partial charge in [0.1, 0.15) is 5.82 Å². The van der Waals surface area contributed by atoms with Gasteiger partial charge in [-0.1, -0.05) is 0 Å². The molecule has 1 aliphatic rings. The molecule has 0 unspecified atom stereocenters. The van der Waals surface area contributed by atoms with Gasteiger partial charge in [-0.05, 0) is 30.7 Å². The zero-order valence-corrected chi connectivity index (χ0v) is 14.1. The number of rotatable bonds is 5. The Kier molecular flexibility index (Phi) is 5.33. The Balaban J connectivity index is 1.63. The van der Waals surface area contributed by atoms with Crippen LogP contribution in [0.2, 0.25) is 0 Å². The zero-order chi connectivity index (χ0) is 17.8. The van der Waals surface area contributed by atoms with E-state index in [9.17, 15) is 14.0 Å². The third-order valence-electron chi connectivity index (χ3n) is 4.26. The second kappa shape index (κ2) is 7.65. The lowest BCUT2D eigenvalue weighted by atomic mass is 10.1. The van der Waals surface area contributed by atoms with E-state index in [4.69, 9.17) is 9.47 Å². The lowest BCUT2D eigenvalue weighted by Crippen LogP contribution is -2.46. The number of benzene rings is 1. The number of fused-ring (bicyclic) bond motifs is 1. The topological polar surface area (TPSA) is 71.6 Å². The van der Waals surface area contributed by atoms with Crippen LogP contribution in [0.1, 0.15) is 18.9 Å². The van der Waals surface area contributed by atoms with Crippen LogP contribution in [0.4, 0.5) is 4.39 Å². The van der Waals surface area contributed by atoms with E-state index in [1.165, 1.54) is 12.1 Å². The fourth-order valence-corrected chi connectivity index (χ4v) is 3.05. The van der Waals surface area contributed by atoms with Gasteiger partial charge in [-0.25, -0.2) is 4.39 Å². The molecule has 1 saturated heterocycles. The molecule has 7 heteroatoms. The summed E-state index contributed by atoms with van der Waals surface area (Å²) in [6.45, 7) is 3.34. The van der Waals surface area contributed by atoms with Gasteiger partial charge in [0.25, 0.3) is 0 Å². The van der Waals surface area contributed by atoms with Crippen molar-refractivity contribution in [1.29, 1.82) is 0 Å². The molecule has 1 fully saturated rings. The maximum absolute atomic E-state index is 13.3. The van der Waals surface area contributed by atoms with Crippen molar-refractivity contribution >= 4 is 22.8 Å². The molecular formula is C18H21FN2O4. The average Bonchev–Trinajstić information content (AvgIpc) is 2.97. The minimum atomic E-state index is -0.339. The van der Waals surface area contributed by atoms with E-state index in [-0.39, 0.29) is 36.6 Å². The number of amides is 1. The fourth-order valence-electron chi connectivity index (χ4n) is 3.05. The number of nitrogens with one attached hydrogen (secondary N) is 1. The quantitative estimate of drug-likeness (QED) is 0.840. The number of hydrogen-bond acceptors (Lipinski definition) is 4. The molecule has 1 amide bonds. The largest absolute Gasteiger partial charge is 0.466 e. The van der Waals surface area contributed by atoms with Crippen molar-refractivity contribution in [3.8, 4) is 0 Å². The molecule has 134 valence electrons. The third-order valence-corrected chi connectivity index (χ3v) is 4.26. The Morgan fingerprint density at radius 3 is 3.08 bits per heavy atom. The van der Waals surface area contributed by atoms with Crippen molar-refractivity contribution in [2.24, 2.45) is 0 Å². The van der Waals surface area contributed by atoms with Gasteiger partial charge in [0.05, 0.1) is 32.2 Å². The van der Waals surface area contributed by atoms with Crippen molar-refractivity contribution in [2.45, 2.75) is 25.9 Å². The first-order chi connectivity index (χ1) is 12.1. The molecule has 1 atom stereocenters. The summed E-state index contributed by atoms with van der Waals surface area (Å²) in [5.41, 5.74) is 1.50. The third kappa shape index (κ3) is 4.17. The standard InChI is InChI=1S/C18H21FN2O4/c1-2-24-18(23)9-14-11-21(5-6-25-14)17(22)7-12-10-20-16-8-13(19)3-4-15(12)16/h3-4,8,10,14,20H,2,5-7,9,11H2,1H3/t14-/m0/s1. The lowest BCUT2D eigenvalue weighted by molar-refractivity contribution is -0.151. The fraction of sp³-hybridized carbons (Fsp3) is 0.444. The van der Waals surface area contributed by atoms with Crippen molar-refractivity contribution < 1.29 is 23.5 Å². The van der Waals surface area contributed by atoms with Gasteiger partial charge >= 0.3 is 5.97 Å². The summed E-state index contributed by atoms with van der Waals surface area (Å²) in [4.78, 5) is 28.9. The summed E-state index contributed by atoms with van der Waals surface area (Å²) in [5.74, 6) is -0.676. The van der Waals surface area contributed by atoms with Gasteiger partial charge in [-0.3, -0.25) is 9.59 Å². The second-order valence-corrected chi connectivity index (χ2v) is 6.02. The van der Waals surface area contributed by atoms with Gasteiger partial charge < -0.3 is 19.4 Å². The zero-order valence-electron chi connectivity index (χ0n) is 14.1. The molecule has 1 aliphatic heterocycles. The highest BCUT2D eigenvalue weighted by molar-refractivity contribution is 5.89. The number of ether oxygens (including phenoxy) is 2. The SMILES string of the molecule is CCOC(=O)C[C@H]1CN(C(=O)Cc2c[nH]c3cc(F)ccc23)CCO1. The number of morpholine rings is 1. The summed E-state index contributed by atoms with van der Waals surface area (Å²) >= 11 is 0. The molecule has 6 nitrogen and oxygen atoms in total. The summed E-state index contributed by atoms with van der Waals surface area (Å²) in [7, 11) is 0. The summed E-state index contributed by atoms with van der Waals surface area (Å²) in [5, 5.41) is 0.839. The monoisotopic (exact) mass is 348 g/mol. The number of H-pyrrole nitrogens is 1. The van der Waals surface area contributed by atoms with E-state index in [0.29, 0.717) is 31.8 Å². The first-order valence-electron chi connectivity index (χ1n) is 8.37. The molecule has 1 aromatic heterocycles. The summed E-state index contributed by atoms with van der Waals surface area (Å²) < 4.78 is 23.7. The number of carbonyl (C=O) groups is 2. The van der Waals surface area contributed by atoms with Gasteiger partial charge in [0, 0.05) is 30.2 Å². The summed E-state index contributed by atoms with van der Waals surface area (Å²) in [6.07, 6.45) is 1.76. The smallest absolute Gasteiger partial charge is 0.308 e. The van der Waals surface area contributed by atoms with Crippen LogP contribution in [0.5, 0.6) is 0 Å². The molecule has 2 heterocycles.